The first-order chi connectivity index (χ1) is 13.9. The van der Waals surface area contributed by atoms with Gasteiger partial charge in [-0.1, -0.05) is 42.1 Å². The Labute approximate surface area is 170 Å². The number of carboxylic acid groups (broad SMARTS) is 1. The highest BCUT2D eigenvalue weighted by Crippen LogP contribution is 2.39. The number of carboxylic acids is 1. The Balaban J connectivity index is 2.02. The summed E-state index contributed by atoms with van der Waals surface area (Å²) in [4.78, 5) is 36.2. The van der Waals surface area contributed by atoms with E-state index in [1.165, 1.54) is 43.5 Å². The molecule has 1 N–H and O–H groups in total. The Bertz CT molecular complexity index is 1110. The molecule has 0 fully saturated rings. The standard InChI is InChI=1S/C21H15NO6S/c1-28-17-8-4-5-9-19(17)29-18-11-10-13(12-16(18)22(26)27)20(23)14-6-2-3-7-15(14)21(24)25/h2-12H,1H3,(H,24,25). The van der Waals surface area contributed by atoms with E-state index in [4.69, 9.17) is 4.74 Å². The van der Waals surface area contributed by atoms with Crippen molar-refractivity contribution in [3.8, 4) is 5.75 Å². The van der Waals surface area contributed by atoms with Crippen LogP contribution in [0.3, 0.4) is 0 Å². The fraction of sp³-hybridized carbons (Fsp3) is 0.0476. The van der Waals surface area contributed by atoms with Gasteiger partial charge in [-0.05, 0) is 30.3 Å². The van der Waals surface area contributed by atoms with Gasteiger partial charge in [-0.15, -0.1) is 0 Å². The topological polar surface area (TPSA) is 107 Å². The minimum absolute atomic E-state index is 0.0283. The summed E-state index contributed by atoms with van der Waals surface area (Å²) in [5, 5.41) is 20.9. The number of hydrogen-bond donors (Lipinski definition) is 1. The summed E-state index contributed by atoms with van der Waals surface area (Å²) in [5.41, 5.74) is -0.401. The van der Waals surface area contributed by atoms with Crippen molar-refractivity contribution in [2.45, 2.75) is 9.79 Å². The molecule has 0 bridgehead atoms. The van der Waals surface area contributed by atoms with Crippen LogP contribution >= 0.6 is 11.8 Å². The predicted octanol–water partition coefficient (Wildman–Crippen LogP) is 4.68. The second-order valence-corrected chi connectivity index (χ2v) is 6.96. The molecule has 0 aliphatic carbocycles. The maximum absolute atomic E-state index is 12.8. The van der Waals surface area contributed by atoms with E-state index in [0.717, 1.165) is 11.8 Å². The van der Waals surface area contributed by atoms with Gasteiger partial charge in [0.25, 0.3) is 5.69 Å². The molecule has 8 heteroatoms. The third-order valence-corrected chi connectivity index (χ3v) is 5.23. The minimum Gasteiger partial charge on any atom is -0.496 e. The molecule has 146 valence electrons. The molecule has 7 nitrogen and oxygen atoms in total. The fourth-order valence-corrected chi connectivity index (χ4v) is 3.74. The molecule has 3 rings (SSSR count). The van der Waals surface area contributed by atoms with Crippen LogP contribution in [-0.4, -0.2) is 28.9 Å². The average Bonchev–Trinajstić information content (AvgIpc) is 2.73. The Kier molecular flexibility index (Phi) is 5.94. The number of nitrogens with zero attached hydrogens (tertiary/aromatic N) is 1. The highest BCUT2D eigenvalue weighted by molar-refractivity contribution is 7.99. The smallest absolute Gasteiger partial charge is 0.336 e. The monoisotopic (exact) mass is 409 g/mol. The van der Waals surface area contributed by atoms with Gasteiger partial charge in [0.15, 0.2) is 5.78 Å². The Morgan fingerprint density at radius 1 is 0.966 bits per heavy atom. The zero-order valence-corrected chi connectivity index (χ0v) is 16.0. The largest absolute Gasteiger partial charge is 0.496 e. The van der Waals surface area contributed by atoms with Gasteiger partial charge in [0.05, 0.1) is 27.4 Å². The Morgan fingerprint density at radius 3 is 2.28 bits per heavy atom. The van der Waals surface area contributed by atoms with E-state index in [2.05, 4.69) is 0 Å². The molecule has 0 aromatic heterocycles. The first-order valence-electron chi connectivity index (χ1n) is 8.38. The molecule has 0 radical (unpaired) electrons. The van der Waals surface area contributed by atoms with Gasteiger partial charge >= 0.3 is 5.97 Å². The van der Waals surface area contributed by atoms with E-state index in [0.29, 0.717) is 15.5 Å². The lowest BCUT2D eigenvalue weighted by Crippen LogP contribution is -2.10. The van der Waals surface area contributed by atoms with Crippen LogP contribution in [0, 0.1) is 10.1 Å². The maximum atomic E-state index is 12.8. The lowest BCUT2D eigenvalue weighted by atomic mass is 9.98. The molecule has 0 unspecified atom stereocenters. The molecule has 29 heavy (non-hydrogen) atoms. The molecule has 0 saturated heterocycles. The summed E-state index contributed by atoms with van der Waals surface area (Å²) in [6.07, 6.45) is 0. The van der Waals surface area contributed by atoms with Crippen molar-refractivity contribution in [2.75, 3.05) is 7.11 Å². The van der Waals surface area contributed by atoms with E-state index >= 15 is 0 Å². The summed E-state index contributed by atoms with van der Waals surface area (Å²) in [7, 11) is 1.51. The van der Waals surface area contributed by atoms with Crippen LogP contribution in [0.2, 0.25) is 0 Å². The zero-order chi connectivity index (χ0) is 21.0. The fourth-order valence-electron chi connectivity index (χ4n) is 2.73. The van der Waals surface area contributed by atoms with Gasteiger partial charge in [-0.25, -0.2) is 4.79 Å². The summed E-state index contributed by atoms with van der Waals surface area (Å²) in [6.45, 7) is 0. The third kappa shape index (κ3) is 4.27. The van der Waals surface area contributed by atoms with E-state index in [1.54, 1.807) is 30.3 Å². The van der Waals surface area contributed by atoms with E-state index in [1.807, 2.05) is 0 Å². The number of benzene rings is 3. The second kappa shape index (κ2) is 8.57. The third-order valence-electron chi connectivity index (χ3n) is 4.11. The summed E-state index contributed by atoms with van der Waals surface area (Å²) in [5.74, 6) is -1.27. The lowest BCUT2D eigenvalue weighted by molar-refractivity contribution is -0.387. The van der Waals surface area contributed by atoms with Crippen LogP contribution in [0.1, 0.15) is 26.3 Å². The molecule has 0 aliphatic rings. The van der Waals surface area contributed by atoms with Crippen LogP contribution in [0.25, 0.3) is 0 Å². The van der Waals surface area contributed by atoms with Gasteiger partial charge in [-0.2, -0.15) is 0 Å². The quantitative estimate of drug-likeness (QED) is 0.343. The van der Waals surface area contributed by atoms with Crippen molar-refractivity contribution in [3.05, 3.63) is 93.5 Å². The highest BCUT2D eigenvalue weighted by atomic mass is 32.2. The van der Waals surface area contributed by atoms with Crippen LogP contribution in [0.15, 0.2) is 76.5 Å². The van der Waals surface area contributed by atoms with Gasteiger partial charge in [0, 0.05) is 17.2 Å². The molecule has 0 amide bonds. The van der Waals surface area contributed by atoms with Crippen molar-refractivity contribution in [1.82, 2.24) is 0 Å². The Hall–Kier alpha value is -3.65. The maximum Gasteiger partial charge on any atom is 0.336 e. The summed E-state index contributed by atoms with van der Waals surface area (Å²) in [6, 6.07) is 16.9. The van der Waals surface area contributed by atoms with Gasteiger partial charge < -0.3 is 9.84 Å². The Morgan fingerprint density at radius 2 is 1.62 bits per heavy atom. The molecule has 0 spiro atoms. The number of carbonyl (C=O) groups is 2. The molecule has 0 heterocycles. The zero-order valence-electron chi connectivity index (χ0n) is 15.2. The van der Waals surface area contributed by atoms with Crippen LogP contribution in [0.5, 0.6) is 5.75 Å². The highest BCUT2D eigenvalue weighted by Gasteiger charge is 2.22. The van der Waals surface area contributed by atoms with Gasteiger partial charge in [0.2, 0.25) is 0 Å². The predicted molar refractivity (Wildman–Crippen MR) is 107 cm³/mol. The number of rotatable bonds is 7. The average molecular weight is 409 g/mol. The normalized spacial score (nSPS) is 10.4. The summed E-state index contributed by atoms with van der Waals surface area (Å²) < 4.78 is 5.27. The van der Waals surface area contributed by atoms with Crippen molar-refractivity contribution >= 4 is 29.2 Å². The van der Waals surface area contributed by atoms with Gasteiger partial charge in [0.1, 0.15) is 5.75 Å². The molecule has 0 saturated carbocycles. The number of hydrogen-bond acceptors (Lipinski definition) is 6. The van der Waals surface area contributed by atoms with Crippen molar-refractivity contribution in [2.24, 2.45) is 0 Å². The number of aromatic carboxylic acids is 1. The number of nitro groups is 1. The SMILES string of the molecule is COc1ccccc1Sc1ccc(C(=O)c2ccccc2C(=O)O)cc1[N+](=O)[O-]. The first kappa shape index (κ1) is 20.1. The molecule has 0 aliphatic heterocycles. The van der Waals surface area contributed by atoms with Crippen LogP contribution in [-0.2, 0) is 0 Å². The molecular formula is C21H15NO6S. The minimum atomic E-state index is -1.24. The van der Waals surface area contributed by atoms with E-state index in [9.17, 15) is 24.8 Å². The van der Waals surface area contributed by atoms with E-state index in [-0.39, 0.29) is 22.4 Å². The number of nitro benzene ring substituents is 1. The van der Waals surface area contributed by atoms with Crippen molar-refractivity contribution in [3.63, 3.8) is 0 Å². The molecule has 0 atom stereocenters. The van der Waals surface area contributed by atoms with Crippen molar-refractivity contribution < 1.29 is 24.4 Å². The molecule has 3 aromatic carbocycles. The molecular weight excluding hydrogens is 394 g/mol. The second-order valence-electron chi connectivity index (χ2n) is 5.87. The van der Waals surface area contributed by atoms with Crippen LogP contribution < -0.4 is 4.74 Å². The number of methoxy groups -OCH3 is 1. The van der Waals surface area contributed by atoms with Gasteiger partial charge in [-0.3, -0.25) is 14.9 Å². The van der Waals surface area contributed by atoms with Crippen LogP contribution in [0.4, 0.5) is 5.69 Å². The summed E-state index contributed by atoms with van der Waals surface area (Å²) >= 11 is 1.15. The lowest BCUT2D eigenvalue weighted by Gasteiger charge is -2.09. The number of carbonyl (C=O) groups excluding carboxylic acids is 1. The first-order valence-corrected chi connectivity index (χ1v) is 9.20. The molecule has 3 aromatic rings. The number of ether oxygens (including phenoxy) is 1. The number of ketones is 1. The number of para-hydroxylation sites is 1. The van der Waals surface area contributed by atoms with Crippen molar-refractivity contribution in [1.29, 1.82) is 0 Å². The van der Waals surface area contributed by atoms with E-state index < -0.39 is 16.7 Å².